The van der Waals surface area contributed by atoms with E-state index < -0.39 is 12.1 Å². The van der Waals surface area contributed by atoms with Crippen molar-refractivity contribution < 1.29 is 19.5 Å². The molecule has 2 saturated heterocycles. The van der Waals surface area contributed by atoms with Gasteiger partial charge in [-0.25, -0.2) is 0 Å². The summed E-state index contributed by atoms with van der Waals surface area (Å²) in [5, 5.41) is 12.7. The zero-order valence-corrected chi connectivity index (χ0v) is 12.0. The Kier molecular flexibility index (Phi) is 3.99. The molecule has 2 aliphatic rings. The number of aliphatic hydroxyl groups excluding tert-OH is 1. The molecule has 2 aliphatic heterocycles. The SMILES string of the molecule is CC(=O)N[C@@H](C)C(=O)N1CC[C@@H]2[C@H]1[C@@H](O)CN2C(C)=O. The number of hydrogen-bond donors (Lipinski definition) is 2. The molecule has 0 bridgehead atoms. The van der Waals surface area contributed by atoms with Gasteiger partial charge in [-0.05, 0) is 13.3 Å². The van der Waals surface area contributed by atoms with Crippen molar-refractivity contribution >= 4 is 17.7 Å². The van der Waals surface area contributed by atoms with E-state index in [1.54, 1.807) is 16.7 Å². The molecule has 0 unspecified atom stereocenters. The molecule has 7 nitrogen and oxygen atoms in total. The highest BCUT2D eigenvalue weighted by Crippen LogP contribution is 2.32. The van der Waals surface area contributed by atoms with Crippen LogP contribution < -0.4 is 5.32 Å². The monoisotopic (exact) mass is 283 g/mol. The third kappa shape index (κ3) is 2.49. The minimum Gasteiger partial charge on any atom is -0.389 e. The fourth-order valence-corrected chi connectivity index (χ4v) is 3.28. The molecular weight excluding hydrogens is 262 g/mol. The molecule has 2 fully saturated rings. The zero-order valence-electron chi connectivity index (χ0n) is 12.0. The predicted molar refractivity (Wildman–Crippen MR) is 70.6 cm³/mol. The Hall–Kier alpha value is -1.63. The van der Waals surface area contributed by atoms with Crippen LogP contribution in [0, 0.1) is 0 Å². The summed E-state index contributed by atoms with van der Waals surface area (Å²) in [6.07, 6.45) is -0.0558. The number of β-amino-alcohol motifs (C(OH)–C–C–N with tert-alkyl or cyclic N) is 1. The Morgan fingerprint density at radius 3 is 2.45 bits per heavy atom. The number of likely N-dealkylation sites (tertiary alicyclic amines) is 2. The van der Waals surface area contributed by atoms with Crippen molar-refractivity contribution in [1.29, 1.82) is 0 Å². The average molecular weight is 283 g/mol. The van der Waals surface area contributed by atoms with Crippen LogP contribution in [-0.2, 0) is 14.4 Å². The summed E-state index contributed by atoms with van der Waals surface area (Å²) in [6, 6.07) is -1.09. The molecular formula is C13H21N3O4. The number of carbonyl (C=O) groups is 3. The number of aliphatic hydroxyl groups is 1. The molecule has 0 radical (unpaired) electrons. The summed E-state index contributed by atoms with van der Waals surface area (Å²) in [5.74, 6) is -0.558. The summed E-state index contributed by atoms with van der Waals surface area (Å²) in [5.41, 5.74) is 0. The van der Waals surface area contributed by atoms with Crippen LogP contribution in [0.4, 0.5) is 0 Å². The van der Waals surface area contributed by atoms with Gasteiger partial charge in [-0.1, -0.05) is 0 Å². The van der Waals surface area contributed by atoms with E-state index in [-0.39, 0.29) is 36.3 Å². The first-order valence-electron chi connectivity index (χ1n) is 6.85. The first-order valence-corrected chi connectivity index (χ1v) is 6.85. The molecule has 0 aromatic carbocycles. The molecule has 0 aliphatic carbocycles. The zero-order chi connectivity index (χ0) is 15.0. The van der Waals surface area contributed by atoms with Gasteiger partial charge in [0.1, 0.15) is 6.04 Å². The predicted octanol–water partition coefficient (Wildman–Crippen LogP) is -1.30. The second-order valence-corrected chi connectivity index (χ2v) is 5.54. The normalized spacial score (nSPS) is 30.1. The maximum atomic E-state index is 12.3. The first kappa shape index (κ1) is 14.8. The standard InChI is InChI=1S/C13H21N3O4/c1-7(14-8(2)17)13(20)15-5-4-10-12(15)11(19)6-16(10)9(3)18/h7,10-12,19H,4-6H2,1-3H3,(H,14,17)/t7-,10+,11-,12-/m0/s1. The molecule has 2 rings (SSSR count). The summed E-state index contributed by atoms with van der Waals surface area (Å²) in [4.78, 5) is 38.1. The molecule has 7 heteroatoms. The van der Waals surface area contributed by atoms with E-state index in [4.69, 9.17) is 0 Å². The fraction of sp³-hybridized carbons (Fsp3) is 0.769. The van der Waals surface area contributed by atoms with Crippen LogP contribution in [0.15, 0.2) is 0 Å². The topological polar surface area (TPSA) is 89.9 Å². The minimum atomic E-state index is -0.722. The van der Waals surface area contributed by atoms with Crippen molar-refractivity contribution in [2.45, 2.75) is 51.4 Å². The Morgan fingerprint density at radius 1 is 1.25 bits per heavy atom. The lowest BCUT2D eigenvalue weighted by molar-refractivity contribution is -0.137. The number of nitrogens with zero attached hydrogens (tertiary/aromatic N) is 2. The fourth-order valence-electron chi connectivity index (χ4n) is 3.28. The van der Waals surface area contributed by atoms with Crippen LogP contribution in [0.1, 0.15) is 27.2 Å². The van der Waals surface area contributed by atoms with E-state index in [1.165, 1.54) is 13.8 Å². The lowest BCUT2D eigenvalue weighted by atomic mass is 10.1. The van der Waals surface area contributed by atoms with E-state index in [0.29, 0.717) is 13.0 Å². The molecule has 2 heterocycles. The molecule has 3 amide bonds. The number of rotatable bonds is 2. The summed E-state index contributed by atoms with van der Waals surface area (Å²) in [7, 11) is 0. The Labute approximate surface area is 117 Å². The summed E-state index contributed by atoms with van der Waals surface area (Å²) in [6.45, 7) is 5.22. The minimum absolute atomic E-state index is 0.0826. The van der Waals surface area contributed by atoms with Crippen LogP contribution in [0.3, 0.4) is 0 Å². The van der Waals surface area contributed by atoms with E-state index in [9.17, 15) is 19.5 Å². The van der Waals surface area contributed by atoms with E-state index in [2.05, 4.69) is 5.32 Å². The van der Waals surface area contributed by atoms with Gasteiger partial charge in [0.25, 0.3) is 0 Å². The molecule has 20 heavy (non-hydrogen) atoms. The van der Waals surface area contributed by atoms with Gasteiger partial charge in [0.15, 0.2) is 0 Å². The number of amides is 3. The maximum Gasteiger partial charge on any atom is 0.245 e. The largest absolute Gasteiger partial charge is 0.389 e. The van der Waals surface area contributed by atoms with E-state index in [0.717, 1.165) is 0 Å². The Balaban J connectivity index is 2.10. The highest BCUT2D eigenvalue weighted by atomic mass is 16.3. The highest BCUT2D eigenvalue weighted by molar-refractivity contribution is 5.87. The Bertz CT molecular complexity index is 439. The van der Waals surface area contributed by atoms with Gasteiger partial charge in [0, 0.05) is 26.9 Å². The molecule has 112 valence electrons. The highest BCUT2D eigenvalue weighted by Gasteiger charge is 2.51. The van der Waals surface area contributed by atoms with Gasteiger partial charge in [-0.15, -0.1) is 0 Å². The van der Waals surface area contributed by atoms with Crippen molar-refractivity contribution in [2.75, 3.05) is 13.1 Å². The molecule has 0 saturated carbocycles. The quantitative estimate of drug-likeness (QED) is 0.659. The van der Waals surface area contributed by atoms with Crippen molar-refractivity contribution in [3.05, 3.63) is 0 Å². The summed E-state index contributed by atoms with van der Waals surface area (Å²) < 4.78 is 0. The molecule has 0 aromatic rings. The number of fused-ring (bicyclic) bond motifs is 1. The van der Waals surface area contributed by atoms with Crippen LogP contribution in [0.2, 0.25) is 0 Å². The van der Waals surface area contributed by atoms with Gasteiger partial charge in [0.05, 0.1) is 18.2 Å². The van der Waals surface area contributed by atoms with Crippen LogP contribution in [0.5, 0.6) is 0 Å². The van der Waals surface area contributed by atoms with Crippen LogP contribution >= 0.6 is 0 Å². The molecule has 0 aromatic heterocycles. The van der Waals surface area contributed by atoms with Crippen molar-refractivity contribution in [2.24, 2.45) is 0 Å². The average Bonchev–Trinajstić information content (AvgIpc) is 2.89. The molecule has 4 atom stereocenters. The number of carbonyl (C=O) groups excluding carboxylic acids is 3. The lowest BCUT2D eigenvalue weighted by Crippen LogP contribution is -2.51. The van der Waals surface area contributed by atoms with Gasteiger partial charge < -0.3 is 20.2 Å². The second-order valence-electron chi connectivity index (χ2n) is 5.54. The lowest BCUT2D eigenvalue weighted by Gasteiger charge is -2.28. The first-order chi connectivity index (χ1) is 9.32. The van der Waals surface area contributed by atoms with Crippen molar-refractivity contribution in [3.8, 4) is 0 Å². The third-order valence-electron chi connectivity index (χ3n) is 4.08. The van der Waals surface area contributed by atoms with Crippen LogP contribution in [0.25, 0.3) is 0 Å². The number of hydrogen-bond acceptors (Lipinski definition) is 4. The molecule has 0 spiro atoms. The van der Waals surface area contributed by atoms with Crippen molar-refractivity contribution in [3.63, 3.8) is 0 Å². The van der Waals surface area contributed by atoms with Gasteiger partial charge in [-0.2, -0.15) is 0 Å². The second kappa shape index (κ2) is 5.40. The van der Waals surface area contributed by atoms with Gasteiger partial charge in [-0.3, -0.25) is 14.4 Å². The maximum absolute atomic E-state index is 12.3. The van der Waals surface area contributed by atoms with E-state index >= 15 is 0 Å². The van der Waals surface area contributed by atoms with E-state index in [1.807, 2.05) is 0 Å². The van der Waals surface area contributed by atoms with Gasteiger partial charge in [0.2, 0.25) is 17.7 Å². The molecule has 2 N–H and O–H groups in total. The smallest absolute Gasteiger partial charge is 0.245 e. The summed E-state index contributed by atoms with van der Waals surface area (Å²) >= 11 is 0. The Morgan fingerprint density at radius 2 is 1.90 bits per heavy atom. The van der Waals surface area contributed by atoms with Crippen LogP contribution in [-0.4, -0.2) is 69.9 Å². The van der Waals surface area contributed by atoms with Gasteiger partial charge >= 0.3 is 0 Å². The van der Waals surface area contributed by atoms with Crippen molar-refractivity contribution in [1.82, 2.24) is 15.1 Å². The number of nitrogens with one attached hydrogen (secondary N) is 1. The third-order valence-corrected chi connectivity index (χ3v) is 4.08.